The van der Waals surface area contributed by atoms with E-state index in [0.29, 0.717) is 11.6 Å². The first-order valence-electron chi connectivity index (χ1n) is 6.34. The Labute approximate surface area is 110 Å². The standard InChI is InChI=1S/C13H13N5O/c14-7-9-8-15-18-11(5-6-12(18)17-19)13(9)16-10-3-1-2-4-10/h5-6,8,10,16H,1-4H2. The first kappa shape index (κ1) is 11.7. The lowest BCUT2D eigenvalue weighted by Crippen LogP contribution is -2.16. The van der Waals surface area contributed by atoms with Crippen LogP contribution in [-0.2, 0) is 0 Å². The fourth-order valence-corrected chi connectivity index (χ4v) is 2.63. The quantitative estimate of drug-likeness (QED) is 0.855. The molecule has 6 heteroatoms. The van der Waals surface area contributed by atoms with Crippen LogP contribution in [0, 0.1) is 16.2 Å². The third kappa shape index (κ3) is 1.93. The molecule has 0 saturated heterocycles. The molecule has 2 heterocycles. The number of hydrogen-bond acceptors (Lipinski definition) is 5. The minimum atomic E-state index is 0.244. The second-order valence-corrected chi connectivity index (χ2v) is 4.75. The molecule has 96 valence electrons. The highest BCUT2D eigenvalue weighted by Crippen LogP contribution is 2.29. The molecule has 1 N–H and O–H groups in total. The minimum absolute atomic E-state index is 0.244. The van der Waals surface area contributed by atoms with Crippen LogP contribution in [0.1, 0.15) is 31.2 Å². The van der Waals surface area contributed by atoms with E-state index in [9.17, 15) is 10.2 Å². The van der Waals surface area contributed by atoms with E-state index in [0.717, 1.165) is 24.0 Å². The molecule has 0 radical (unpaired) electrons. The van der Waals surface area contributed by atoms with E-state index >= 15 is 0 Å². The van der Waals surface area contributed by atoms with E-state index in [1.165, 1.54) is 23.6 Å². The molecule has 2 aromatic heterocycles. The summed E-state index contributed by atoms with van der Waals surface area (Å²) in [6, 6.07) is 5.90. The Morgan fingerprint density at radius 1 is 1.42 bits per heavy atom. The third-order valence-corrected chi connectivity index (χ3v) is 3.58. The Morgan fingerprint density at radius 2 is 2.21 bits per heavy atom. The summed E-state index contributed by atoms with van der Waals surface area (Å²) in [5.74, 6) is 0.244. The maximum Gasteiger partial charge on any atom is 0.198 e. The van der Waals surface area contributed by atoms with Gasteiger partial charge in [-0.1, -0.05) is 12.8 Å². The smallest absolute Gasteiger partial charge is 0.198 e. The molecule has 1 aliphatic rings. The van der Waals surface area contributed by atoms with Crippen molar-refractivity contribution in [1.82, 2.24) is 9.61 Å². The van der Waals surface area contributed by atoms with Crippen LogP contribution in [0.5, 0.6) is 0 Å². The van der Waals surface area contributed by atoms with Gasteiger partial charge in [-0.2, -0.15) is 10.4 Å². The molecule has 0 spiro atoms. The van der Waals surface area contributed by atoms with E-state index < -0.39 is 0 Å². The first-order valence-corrected chi connectivity index (χ1v) is 6.34. The lowest BCUT2D eigenvalue weighted by molar-refractivity contribution is 0.754. The second kappa shape index (κ2) is 4.69. The zero-order valence-corrected chi connectivity index (χ0v) is 10.3. The van der Waals surface area contributed by atoms with Crippen molar-refractivity contribution in [2.24, 2.45) is 5.18 Å². The number of aromatic nitrogens is 2. The van der Waals surface area contributed by atoms with Crippen molar-refractivity contribution >= 4 is 17.0 Å². The summed E-state index contributed by atoms with van der Waals surface area (Å²) in [7, 11) is 0. The van der Waals surface area contributed by atoms with Gasteiger partial charge in [-0.3, -0.25) is 0 Å². The number of nitriles is 1. The van der Waals surface area contributed by atoms with Crippen molar-refractivity contribution in [2.45, 2.75) is 31.7 Å². The van der Waals surface area contributed by atoms with Crippen LogP contribution in [0.2, 0.25) is 0 Å². The van der Waals surface area contributed by atoms with E-state index in [2.05, 4.69) is 21.7 Å². The van der Waals surface area contributed by atoms with Crippen molar-refractivity contribution in [3.8, 4) is 6.07 Å². The Bertz CT molecular complexity index is 663. The molecule has 0 aromatic carbocycles. The number of anilines is 1. The average Bonchev–Trinajstić information content (AvgIpc) is 3.07. The van der Waals surface area contributed by atoms with Gasteiger partial charge in [0, 0.05) is 6.04 Å². The molecular formula is C13H13N5O. The number of hydrogen-bond donors (Lipinski definition) is 1. The fourth-order valence-electron chi connectivity index (χ4n) is 2.63. The lowest BCUT2D eigenvalue weighted by Gasteiger charge is -2.15. The summed E-state index contributed by atoms with van der Waals surface area (Å²) >= 11 is 0. The topological polar surface area (TPSA) is 82.6 Å². The fraction of sp³-hybridized carbons (Fsp3) is 0.385. The Balaban J connectivity index is 2.10. The van der Waals surface area contributed by atoms with Gasteiger partial charge in [0.25, 0.3) is 0 Å². The van der Waals surface area contributed by atoms with Crippen LogP contribution < -0.4 is 5.32 Å². The van der Waals surface area contributed by atoms with E-state index in [-0.39, 0.29) is 5.82 Å². The molecule has 6 nitrogen and oxygen atoms in total. The minimum Gasteiger partial charge on any atom is -0.379 e. The molecular weight excluding hydrogens is 242 g/mol. The summed E-state index contributed by atoms with van der Waals surface area (Å²) in [6.45, 7) is 0. The normalized spacial score (nSPS) is 15.5. The van der Waals surface area contributed by atoms with Crippen LogP contribution in [0.25, 0.3) is 5.52 Å². The molecule has 1 aliphatic carbocycles. The highest BCUT2D eigenvalue weighted by atomic mass is 16.3. The SMILES string of the molecule is N#Cc1cnn2c(N=O)ccc2c1NC1CCCC1. The zero-order valence-electron chi connectivity index (χ0n) is 10.3. The van der Waals surface area contributed by atoms with Gasteiger partial charge in [-0.15, -0.1) is 4.91 Å². The predicted molar refractivity (Wildman–Crippen MR) is 71.2 cm³/mol. The zero-order chi connectivity index (χ0) is 13.2. The van der Waals surface area contributed by atoms with E-state index in [4.69, 9.17) is 0 Å². The van der Waals surface area contributed by atoms with Crippen LogP contribution >= 0.6 is 0 Å². The third-order valence-electron chi connectivity index (χ3n) is 3.58. The van der Waals surface area contributed by atoms with Gasteiger partial charge in [0.15, 0.2) is 5.82 Å². The second-order valence-electron chi connectivity index (χ2n) is 4.75. The number of nitroso groups, excluding NO2 is 1. The molecule has 0 amide bonds. The van der Waals surface area contributed by atoms with Gasteiger partial charge in [0.1, 0.15) is 6.07 Å². The molecule has 1 saturated carbocycles. The summed E-state index contributed by atoms with van der Waals surface area (Å²) in [4.78, 5) is 10.7. The number of nitrogens with one attached hydrogen (secondary N) is 1. The molecule has 0 unspecified atom stereocenters. The van der Waals surface area contributed by atoms with Crippen molar-refractivity contribution < 1.29 is 0 Å². The summed E-state index contributed by atoms with van der Waals surface area (Å²) in [6.07, 6.45) is 6.11. The van der Waals surface area contributed by atoms with Gasteiger partial charge in [-0.05, 0) is 30.2 Å². The van der Waals surface area contributed by atoms with Crippen LogP contribution in [0.4, 0.5) is 11.5 Å². The van der Waals surface area contributed by atoms with Crippen molar-refractivity contribution in [3.63, 3.8) is 0 Å². The van der Waals surface area contributed by atoms with Gasteiger partial charge in [-0.25, -0.2) is 4.52 Å². The van der Waals surface area contributed by atoms with Gasteiger partial charge in [0.2, 0.25) is 0 Å². The van der Waals surface area contributed by atoms with Crippen LogP contribution in [0.3, 0.4) is 0 Å². The summed E-state index contributed by atoms with van der Waals surface area (Å²) in [5.41, 5.74) is 1.97. The molecule has 1 fully saturated rings. The summed E-state index contributed by atoms with van der Waals surface area (Å²) in [5, 5.41) is 19.6. The Hall–Kier alpha value is -2.42. The van der Waals surface area contributed by atoms with E-state index in [1.807, 2.05) is 0 Å². The van der Waals surface area contributed by atoms with Crippen molar-refractivity contribution in [1.29, 1.82) is 5.26 Å². The number of nitrogens with zero attached hydrogens (tertiary/aromatic N) is 4. The molecule has 2 aromatic rings. The average molecular weight is 255 g/mol. The summed E-state index contributed by atoms with van der Waals surface area (Å²) < 4.78 is 1.46. The van der Waals surface area contributed by atoms with Gasteiger partial charge in [0.05, 0.1) is 23.0 Å². The number of fused-ring (bicyclic) bond motifs is 1. The van der Waals surface area contributed by atoms with Crippen LogP contribution in [-0.4, -0.2) is 15.7 Å². The van der Waals surface area contributed by atoms with Crippen molar-refractivity contribution in [2.75, 3.05) is 5.32 Å². The lowest BCUT2D eigenvalue weighted by atomic mass is 10.2. The molecule has 3 rings (SSSR count). The molecule has 0 bridgehead atoms. The maximum absolute atomic E-state index is 10.7. The highest BCUT2D eigenvalue weighted by molar-refractivity contribution is 5.79. The van der Waals surface area contributed by atoms with Crippen molar-refractivity contribution in [3.05, 3.63) is 28.8 Å². The Kier molecular flexibility index (Phi) is 2.88. The van der Waals surface area contributed by atoms with Crippen LogP contribution in [0.15, 0.2) is 23.5 Å². The monoisotopic (exact) mass is 255 g/mol. The molecule has 0 atom stereocenters. The van der Waals surface area contributed by atoms with E-state index in [1.54, 1.807) is 12.1 Å². The maximum atomic E-state index is 10.7. The highest BCUT2D eigenvalue weighted by Gasteiger charge is 2.19. The predicted octanol–water partition coefficient (Wildman–Crippen LogP) is 2.96. The van der Waals surface area contributed by atoms with Gasteiger partial charge >= 0.3 is 0 Å². The molecule has 0 aliphatic heterocycles. The Morgan fingerprint density at radius 3 is 2.89 bits per heavy atom. The molecule has 19 heavy (non-hydrogen) atoms. The number of rotatable bonds is 3. The van der Waals surface area contributed by atoms with Gasteiger partial charge < -0.3 is 5.32 Å². The largest absolute Gasteiger partial charge is 0.379 e. The first-order chi connectivity index (χ1) is 9.33.